The summed E-state index contributed by atoms with van der Waals surface area (Å²) in [6.45, 7) is 1.54. The first kappa shape index (κ1) is 11.4. The highest BCUT2D eigenvalue weighted by molar-refractivity contribution is 5.82. The largest absolute Gasteiger partial charge is 0.478 e. The van der Waals surface area contributed by atoms with Crippen LogP contribution in [-0.2, 0) is 4.79 Å². The minimum Gasteiger partial charge on any atom is -0.478 e. The monoisotopic (exact) mass is 226 g/mol. The van der Waals surface area contributed by atoms with Gasteiger partial charge in [-0.05, 0) is 24.6 Å². The van der Waals surface area contributed by atoms with E-state index in [2.05, 4.69) is 0 Å². The molecule has 0 N–H and O–H groups in total. The van der Waals surface area contributed by atoms with Gasteiger partial charge in [0.05, 0.1) is 0 Å². The molecular formula is C15H14O2. The fraction of sp³-hybridized carbons (Fsp3) is 0.133. The second-order valence-electron chi connectivity index (χ2n) is 3.83. The van der Waals surface area contributed by atoms with Crippen molar-refractivity contribution in [1.82, 2.24) is 0 Å². The molecule has 0 radical (unpaired) electrons. The Morgan fingerprint density at radius 3 is 2.00 bits per heavy atom. The number of carbonyl (C=O) groups is 1. The van der Waals surface area contributed by atoms with Crippen LogP contribution in [0, 0.1) is 0 Å². The van der Waals surface area contributed by atoms with E-state index >= 15 is 0 Å². The maximum absolute atomic E-state index is 11.6. The quantitative estimate of drug-likeness (QED) is 0.798. The minimum atomic E-state index is -0.529. The Balaban J connectivity index is 2.23. The molecule has 0 saturated heterocycles. The second-order valence-corrected chi connectivity index (χ2v) is 3.83. The fourth-order valence-corrected chi connectivity index (χ4v) is 1.65. The third-order valence-electron chi connectivity index (χ3n) is 2.47. The molecule has 2 aromatic carbocycles. The lowest BCUT2D eigenvalue weighted by Crippen LogP contribution is -2.15. The average Bonchev–Trinajstić information content (AvgIpc) is 2.38. The molecule has 0 bridgehead atoms. The first-order valence-corrected chi connectivity index (χ1v) is 5.54. The van der Waals surface area contributed by atoms with E-state index < -0.39 is 6.10 Å². The van der Waals surface area contributed by atoms with E-state index in [1.54, 1.807) is 6.92 Å². The Morgan fingerprint density at radius 2 is 1.47 bits per heavy atom. The number of hydrogen-bond acceptors (Lipinski definition) is 2. The van der Waals surface area contributed by atoms with Crippen LogP contribution in [0.3, 0.4) is 0 Å². The minimum absolute atomic E-state index is 0.0000491. The van der Waals surface area contributed by atoms with Crippen molar-refractivity contribution in [1.29, 1.82) is 0 Å². The summed E-state index contributed by atoms with van der Waals surface area (Å²) < 4.78 is 5.71. The molecule has 0 unspecified atom stereocenters. The van der Waals surface area contributed by atoms with Crippen molar-refractivity contribution in [2.45, 2.75) is 13.0 Å². The fourth-order valence-electron chi connectivity index (χ4n) is 1.65. The van der Waals surface area contributed by atoms with Crippen molar-refractivity contribution in [3.63, 3.8) is 0 Å². The third-order valence-corrected chi connectivity index (χ3v) is 2.47. The molecule has 0 saturated carbocycles. The SMILES string of the molecule is CC(=O)[C@@H](Oc1ccccc1)c1ccccc1. The summed E-state index contributed by atoms with van der Waals surface area (Å²) >= 11 is 0. The lowest BCUT2D eigenvalue weighted by Gasteiger charge is -2.16. The lowest BCUT2D eigenvalue weighted by atomic mass is 10.1. The summed E-state index contributed by atoms with van der Waals surface area (Å²) in [6.07, 6.45) is -0.529. The number of ether oxygens (including phenoxy) is 1. The molecule has 0 aliphatic heterocycles. The van der Waals surface area contributed by atoms with Crippen molar-refractivity contribution in [2.75, 3.05) is 0 Å². The number of hydrogen-bond donors (Lipinski definition) is 0. The van der Waals surface area contributed by atoms with Gasteiger partial charge in [-0.2, -0.15) is 0 Å². The summed E-state index contributed by atoms with van der Waals surface area (Å²) in [5.41, 5.74) is 0.879. The van der Waals surface area contributed by atoms with Crippen LogP contribution in [0.1, 0.15) is 18.6 Å². The van der Waals surface area contributed by atoms with Crippen LogP contribution in [0.2, 0.25) is 0 Å². The Labute approximate surface area is 101 Å². The van der Waals surface area contributed by atoms with Crippen molar-refractivity contribution in [2.24, 2.45) is 0 Å². The van der Waals surface area contributed by atoms with Crippen LogP contribution in [0.25, 0.3) is 0 Å². The van der Waals surface area contributed by atoms with E-state index in [0.717, 1.165) is 5.56 Å². The molecule has 86 valence electrons. The second kappa shape index (κ2) is 5.30. The summed E-state index contributed by atoms with van der Waals surface area (Å²) in [6, 6.07) is 18.9. The van der Waals surface area contributed by atoms with Gasteiger partial charge in [-0.15, -0.1) is 0 Å². The van der Waals surface area contributed by atoms with Crippen molar-refractivity contribution < 1.29 is 9.53 Å². The van der Waals surface area contributed by atoms with Gasteiger partial charge in [0.15, 0.2) is 11.9 Å². The van der Waals surface area contributed by atoms with Crippen LogP contribution in [0.4, 0.5) is 0 Å². The molecule has 2 rings (SSSR count). The molecule has 17 heavy (non-hydrogen) atoms. The normalized spacial score (nSPS) is 11.8. The molecule has 0 amide bonds. The standard InChI is InChI=1S/C15H14O2/c1-12(16)15(13-8-4-2-5-9-13)17-14-10-6-3-7-11-14/h2-11,15H,1H3/t15-/m1/s1. The van der Waals surface area contributed by atoms with Gasteiger partial charge in [0.25, 0.3) is 0 Å². The molecule has 0 aromatic heterocycles. The van der Waals surface area contributed by atoms with Crippen LogP contribution >= 0.6 is 0 Å². The highest BCUT2D eigenvalue weighted by Gasteiger charge is 2.17. The molecule has 0 aliphatic rings. The number of Topliss-reactive ketones (excluding diaryl/α,β-unsaturated/α-hetero) is 1. The zero-order chi connectivity index (χ0) is 12.1. The Kier molecular flexibility index (Phi) is 3.55. The first-order valence-electron chi connectivity index (χ1n) is 5.54. The summed E-state index contributed by atoms with van der Waals surface area (Å²) in [7, 11) is 0. The molecule has 2 nitrogen and oxygen atoms in total. The van der Waals surface area contributed by atoms with E-state index in [-0.39, 0.29) is 5.78 Å². The van der Waals surface area contributed by atoms with Crippen LogP contribution in [0.15, 0.2) is 60.7 Å². The van der Waals surface area contributed by atoms with Crippen molar-refractivity contribution >= 4 is 5.78 Å². The Hall–Kier alpha value is -2.09. The Bertz CT molecular complexity index is 477. The Morgan fingerprint density at radius 1 is 0.941 bits per heavy atom. The van der Waals surface area contributed by atoms with Crippen LogP contribution in [-0.4, -0.2) is 5.78 Å². The molecule has 0 fully saturated rings. The summed E-state index contributed by atoms with van der Waals surface area (Å²) in [5.74, 6) is 0.705. The summed E-state index contributed by atoms with van der Waals surface area (Å²) in [4.78, 5) is 11.6. The highest BCUT2D eigenvalue weighted by Crippen LogP contribution is 2.22. The van der Waals surface area contributed by atoms with Gasteiger partial charge >= 0.3 is 0 Å². The molecule has 1 atom stereocenters. The zero-order valence-corrected chi connectivity index (χ0v) is 9.67. The zero-order valence-electron chi connectivity index (χ0n) is 9.67. The van der Waals surface area contributed by atoms with Gasteiger partial charge in [0.2, 0.25) is 0 Å². The van der Waals surface area contributed by atoms with Gasteiger partial charge in [0.1, 0.15) is 5.75 Å². The van der Waals surface area contributed by atoms with E-state index in [0.29, 0.717) is 5.75 Å². The topological polar surface area (TPSA) is 26.3 Å². The predicted octanol–water partition coefficient (Wildman–Crippen LogP) is 3.40. The lowest BCUT2D eigenvalue weighted by molar-refractivity contribution is -0.123. The third kappa shape index (κ3) is 2.94. The number of rotatable bonds is 4. The van der Waals surface area contributed by atoms with Gasteiger partial charge < -0.3 is 4.74 Å². The van der Waals surface area contributed by atoms with Gasteiger partial charge in [-0.3, -0.25) is 4.79 Å². The molecule has 2 aromatic rings. The van der Waals surface area contributed by atoms with Crippen molar-refractivity contribution in [3.8, 4) is 5.75 Å². The first-order chi connectivity index (χ1) is 8.27. The van der Waals surface area contributed by atoms with Crippen molar-refractivity contribution in [3.05, 3.63) is 66.2 Å². The molecule has 0 aliphatic carbocycles. The van der Waals surface area contributed by atoms with E-state index in [4.69, 9.17) is 4.74 Å². The van der Waals surface area contributed by atoms with Gasteiger partial charge in [-0.1, -0.05) is 48.5 Å². The number of ketones is 1. The molecule has 0 heterocycles. The summed E-state index contributed by atoms with van der Waals surface area (Å²) in [5, 5.41) is 0. The molecule has 2 heteroatoms. The molecular weight excluding hydrogens is 212 g/mol. The van der Waals surface area contributed by atoms with E-state index in [1.165, 1.54) is 0 Å². The maximum atomic E-state index is 11.6. The smallest absolute Gasteiger partial charge is 0.181 e. The number of benzene rings is 2. The van der Waals surface area contributed by atoms with Crippen LogP contribution < -0.4 is 4.74 Å². The van der Waals surface area contributed by atoms with E-state index in [9.17, 15) is 4.79 Å². The number of carbonyl (C=O) groups excluding carboxylic acids is 1. The van der Waals surface area contributed by atoms with Crippen LogP contribution in [0.5, 0.6) is 5.75 Å². The average molecular weight is 226 g/mol. The number of para-hydroxylation sites is 1. The van der Waals surface area contributed by atoms with E-state index in [1.807, 2.05) is 60.7 Å². The molecule has 0 spiro atoms. The van der Waals surface area contributed by atoms with Gasteiger partial charge in [-0.25, -0.2) is 0 Å². The van der Waals surface area contributed by atoms with Gasteiger partial charge in [0, 0.05) is 0 Å². The predicted molar refractivity (Wildman–Crippen MR) is 66.9 cm³/mol. The highest BCUT2D eigenvalue weighted by atomic mass is 16.5. The maximum Gasteiger partial charge on any atom is 0.181 e.